The summed E-state index contributed by atoms with van der Waals surface area (Å²) in [6.45, 7) is 4.68. The van der Waals surface area contributed by atoms with Crippen molar-refractivity contribution in [2.24, 2.45) is 5.73 Å². The minimum atomic E-state index is -0.239. The number of nitrogens with one attached hydrogen (secondary N) is 1. The Morgan fingerprint density at radius 1 is 1.15 bits per heavy atom. The molecule has 1 aromatic carbocycles. The van der Waals surface area contributed by atoms with Gasteiger partial charge in [-0.2, -0.15) is 0 Å². The highest BCUT2D eigenvalue weighted by atomic mass is 16.1. The summed E-state index contributed by atoms with van der Waals surface area (Å²) in [6, 6.07) is 10.1. The highest BCUT2D eigenvalue weighted by Crippen LogP contribution is 2.16. The van der Waals surface area contributed by atoms with Gasteiger partial charge in [0.15, 0.2) is 0 Å². The van der Waals surface area contributed by atoms with Crippen LogP contribution in [-0.2, 0) is 4.79 Å². The fraction of sp³-hybridized carbons (Fsp3) is 0.588. The monoisotopic (exact) mass is 276 g/mol. The molecular weight excluding hydrogens is 248 g/mol. The van der Waals surface area contributed by atoms with Crippen LogP contribution in [0.5, 0.6) is 0 Å². The van der Waals surface area contributed by atoms with Crippen molar-refractivity contribution in [3.8, 4) is 0 Å². The normalized spacial score (nSPS) is 13.8. The molecule has 112 valence electrons. The molecule has 1 amide bonds. The molecule has 3 nitrogen and oxygen atoms in total. The molecule has 0 aliphatic rings. The second kappa shape index (κ2) is 9.54. The molecular formula is C17H28N2O. The molecule has 3 N–H and O–H groups in total. The number of carbonyl (C=O) groups excluding carboxylic acids is 1. The Bertz CT molecular complexity index is 378. The molecule has 20 heavy (non-hydrogen) atoms. The van der Waals surface area contributed by atoms with Gasteiger partial charge in [0.2, 0.25) is 5.91 Å². The maximum atomic E-state index is 12.4. The quantitative estimate of drug-likeness (QED) is 0.727. The Kier molecular flexibility index (Phi) is 7.97. The van der Waals surface area contributed by atoms with Crippen LogP contribution in [0, 0.1) is 0 Å². The largest absolute Gasteiger partial charge is 0.353 e. The van der Waals surface area contributed by atoms with Crippen LogP contribution in [0.4, 0.5) is 0 Å². The molecule has 1 rings (SSSR count). The lowest BCUT2D eigenvalue weighted by Gasteiger charge is -2.22. The minimum Gasteiger partial charge on any atom is -0.353 e. The summed E-state index contributed by atoms with van der Waals surface area (Å²) in [5.74, 6) is -0.176. The summed E-state index contributed by atoms with van der Waals surface area (Å²) in [5, 5.41) is 3.18. The van der Waals surface area contributed by atoms with Crippen LogP contribution in [0.1, 0.15) is 57.4 Å². The lowest BCUT2D eigenvalue weighted by Crippen LogP contribution is -2.40. The van der Waals surface area contributed by atoms with E-state index in [9.17, 15) is 4.79 Å². The lowest BCUT2D eigenvalue weighted by atomic mass is 9.97. The van der Waals surface area contributed by atoms with Gasteiger partial charge in [0, 0.05) is 12.6 Å². The van der Waals surface area contributed by atoms with E-state index in [1.54, 1.807) is 0 Å². The first kappa shape index (κ1) is 16.7. The van der Waals surface area contributed by atoms with E-state index >= 15 is 0 Å². The summed E-state index contributed by atoms with van der Waals surface area (Å²) >= 11 is 0. The van der Waals surface area contributed by atoms with Crippen molar-refractivity contribution in [1.82, 2.24) is 5.32 Å². The van der Waals surface area contributed by atoms with Gasteiger partial charge in [-0.05, 0) is 18.4 Å². The van der Waals surface area contributed by atoms with Crippen LogP contribution < -0.4 is 11.1 Å². The van der Waals surface area contributed by atoms with E-state index in [1.165, 1.54) is 0 Å². The zero-order valence-corrected chi connectivity index (χ0v) is 12.8. The van der Waals surface area contributed by atoms with Gasteiger partial charge in [0.25, 0.3) is 0 Å². The van der Waals surface area contributed by atoms with Gasteiger partial charge in [-0.25, -0.2) is 0 Å². The lowest BCUT2D eigenvalue weighted by molar-refractivity contribution is -0.123. The van der Waals surface area contributed by atoms with E-state index in [0.29, 0.717) is 6.54 Å². The zero-order valence-electron chi connectivity index (χ0n) is 12.8. The van der Waals surface area contributed by atoms with Crippen LogP contribution in [0.3, 0.4) is 0 Å². The van der Waals surface area contributed by atoms with Gasteiger partial charge in [0.1, 0.15) is 0 Å². The van der Waals surface area contributed by atoms with Crippen molar-refractivity contribution in [3.63, 3.8) is 0 Å². The molecule has 0 saturated carbocycles. The SMILES string of the molecule is CCCCC(CCC)NC(=O)C(CN)c1ccccc1. The fourth-order valence-electron chi connectivity index (χ4n) is 2.47. The zero-order chi connectivity index (χ0) is 14.8. The third kappa shape index (κ3) is 5.33. The summed E-state index contributed by atoms with van der Waals surface area (Å²) < 4.78 is 0. The molecule has 0 radical (unpaired) electrons. The minimum absolute atomic E-state index is 0.0632. The van der Waals surface area contributed by atoms with E-state index in [0.717, 1.165) is 37.7 Å². The van der Waals surface area contributed by atoms with Crippen LogP contribution in [0.2, 0.25) is 0 Å². The number of benzene rings is 1. The smallest absolute Gasteiger partial charge is 0.229 e. The van der Waals surface area contributed by atoms with Gasteiger partial charge >= 0.3 is 0 Å². The Morgan fingerprint density at radius 3 is 2.40 bits per heavy atom. The average molecular weight is 276 g/mol. The molecule has 0 aliphatic heterocycles. The van der Waals surface area contributed by atoms with Crippen LogP contribution in [0.15, 0.2) is 30.3 Å². The van der Waals surface area contributed by atoms with Crippen molar-refractivity contribution in [3.05, 3.63) is 35.9 Å². The first-order valence-electron chi connectivity index (χ1n) is 7.78. The molecule has 0 fully saturated rings. The molecule has 2 unspecified atom stereocenters. The van der Waals surface area contributed by atoms with Crippen LogP contribution in [0.25, 0.3) is 0 Å². The van der Waals surface area contributed by atoms with Crippen molar-refractivity contribution in [2.75, 3.05) is 6.54 Å². The summed E-state index contributed by atoms with van der Waals surface area (Å²) in [5.41, 5.74) is 6.79. The van der Waals surface area contributed by atoms with E-state index < -0.39 is 0 Å². The third-order valence-electron chi connectivity index (χ3n) is 3.64. The van der Waals surface area contributed by atoms with Crippen molar-refractivity contribution in [1.29, 1.82) is 0 Å². The van der Waals surface area contributed by atoms with E-state index in [4.69, 9.17) is 5.73 Å². The first-order valence-corrected chi connectivity index (χ1v) is 7.78. The maximum absolute atomic E-state index is 12.4. The summed E-state index contributed by atoms with van der Waals surface area (Å²) in [4.78, 5) is 12.4. The molecule has 1 aromatic rings. The average Bonchev–Trinajstić information content (AvgIpc) is 2.47. The summed E-state index contributed by atoms with van der Waals surface area (Å²) in [6.07, 6.45) is 5.51. The molecule has 0 spiro atoms. The topological polar surface area (TPSA) is 55.1 Å². The molecule has 3 heteroatoms. The van der Waals surface area contributed by atoms with E-state index in [1.807, 2.05) is 30.3 Å². The molecule has 2 atom stereocenters. The Hall–Kier alpha value is -1.35. The number of nitrogens with two attached hydrogens (primary N) is 1. The Morgan fingerprint density at radius 2 is 1.85 bits per heavy atom. The predicted octanol–water partition coefficient (Wildman–Crippen LogP) is 3.20. The Labute approximate surface area is 122 Å². The highest BCUT2D eigenvalue weighted by molar-refractivity contribution is 5.84. The van der Waals surface area contributed by atoms with Gasteiger partial charge < -0.3 is 11.1 Å². The molecule has 0 bridgehead atoms. The van der Waals surface area contributed by atoms with Gasteiger partial charge in [-0.1, -0.05) is 63.4 Å². The second-order valence-corrected chi connectivity index (χ2v) is 5.34. The summed E-state index contributed by atoms with van der Waals surface area (Å²) in [7, 11) is 0. The van der Waals surface area contributed by atoms with E-state index in [-0.39, 0.29) is 17.9 Å². The number of unbranched alkanes of at least 4 members (excludes halogenated alkanes) is 1. The Balaban J connectivity index is 2.65. The van der Waals surface area contributed by atoms with Crippen molar-refractivity contribution < 1.29 is 4.79 Å². The molecule has 0 aromatic heterocycles. The van der Waals surface area contributed by atoms with Crippen molar-refractivity contribution in [2.45, 2.75) is 57.9 Å². The fourth-order valence-corrected chi connectivity index (χ4v) is 2.47. The molecule has 0 heterocycles. The van der Waals surface area contributed by atoms with Gasteiger partial charge in [0.05, 0.1) is 5.92 Å². The van der Waals surface area contributed by atoms with Gasteiger partial charge in [-0.15, -0.1) is 0 Å². The number of rotatable bonds is 9. The number of hydrogen-bond acceptors (Lipinski definition) is 2. The number of carbonyl (C=O) groups is 1. The third-order valence-corrected chi connectivity index (χ3v) is 3.64. The highest BCUT2D eigenvalue weighted by Gasteiger charge is 2.21. The molecule has 0 aliphatic carbocycles. The number of hydrogen-bond donors (Lipinski definition) is 2. The second-order valence-electron chi connectivity index (χ2n) is 5.34. The standard InChI is InChI=1S/C17H28N2O/c1-3-5-12-15(9-4-2)19-17(20)16(13-18)14-10-7-6-8-11-14/h6-8,10-11,15-16H,3-5,9,12-13,18H2,1-2H3,(H,19,20). The maximum Gasteiger partial charge on any atom is 0.229 e. The van der Waals surface area contributed by atoms with E-state index in [2.05, 4.69) is 19.2 Å². The first-order chi connectivity index (χ1) is 9.72. The number of amides is 1. The van der Waals surface area contributed by atoms with Crippen LogP contribution in [-0.4, -0.2) is 18.5 Å². The van der Waals surface area contributed by atoms with Gasteiger partial charge in [-0.3, -0.25) is 4.79 Å². The predicted molar refractivity (Wildman–Crippen MR) is 84.6 cm³/mol. The molecule has 0 saturated heterocycles. The van der Waals surface area contributed by atoms with Crippen LogP contribution >= 0.6 is 0 Å². The van der Waals surface area contributed by atoms with Crippen molar-refractivity contribution >= 4 is 5.91 Å².